The fraction of sp³-hybridized carbons (Fsp3) is 0.235. The van der Waals surface area contributed by atoms with Gasteiger partial charge in [-0.15, -0.1) is 10.2 Å². The number of ether oxygens (including phenoxy) is 1. The molecule has 0 aliphatic carbocycles. The summed E-state index contributed by atoms with van der Waals surface area (Å²) in [6.07, 6.45) is 1.86. The topological polar surface area (TPSA) is 61.9 Å². The molecule has 0 saturated heterocycles. The minimum absolute atomic E-state index is 0.0642. The molecule has 0 amide bonds. The van der Waals surface area contributed by atoms with Gasteiger partial charge in [-0.2, -0.15) is 0 Å². The molecule has 0 unspecified atom stereocenters. The highest BCUT2D eigenvalue weighted by Gasteiger charge is 2.16. The van der Waals surface area contributed by atoms with E-state index in [0.717, 1.165) is 11.3 Å². The maximum Gasteiger partial charge on any atom is 0.191 e. The third kappa shape index (κ3) is 3.07. The summed E-state index contributed by atoms with van der Waals surface area (Å²) < 4.78 is 9.07. The molecule has 0 radical (unpaired) electrons. The molecular formula is C17H18N4O2S. The van der Waals surface area contributed by atoms with E-state index in [2.05, 4.69) is 10.2 Å². The molecule has 0 atom stereocenters. The highest BCUT2D eigenvalue weighted by Crippen LogP contribution is 2.30. The quantitative estimate of drug-likeness (QED) is 0.509. The number of rotatable bonds is 6. The first kappa shape index (κ1) is 16.3. The molecule has 7 heteroatoms. The Morgan fingerprint density at radius 3 is 2.67 bits per heavy atom. The van der Waals surface area contributed by atoms with E-state index in [1.807, 2.05) is 65.8 Å². The van der Waals surface area contributed by atoms with Crippen molar-refractivity contribution >= 4 is 17.5 Å². The van der Waals surface area contributed by atoms with Gasteiger partial charge in [0.05, 0.1) is 24.1 Å². The van der Waals surface area contributed by atoms with E-state index in [0.29, 0.717) is 22.4 Å². The Kier molecular flexibility index (Phi) is 4.71. The summed E-state index contributed by atoms with van der Waals surface area (Å²) in [5.41, 5.74) is 1.56. The number of nitrogens with zero attached hydrogens (tertiary/aromatic N) is 4. The molecule has 0 N–H and O–H groups in total. The van der Waals surface area contributed by atoms with Crippen molar-refractivity contribution in [3.05, 3.63) is 48.3 Å². The van der Waals surface area contributed by atoms with Crippen LogP contribution < -0.4 is 4.74 Å². The first-order valence-corrected chi connectivity index (χ1v) is 8.40. The first-order valence-electron chi connectivity index (χ1n) is 7.42. The van der Waals surface area contributed by atoms with Crippen molar-refractivity contribution in [2.45, 2.75) is 5.16 Å². The van der Waals surface area contributed by atoms with Crippen LogP contribution >= 0.6 is 11.8 Å². The van der Waals surface area contributed by atoms with Gasteiger partial charge in [0.1, 0.15) is 5.75 Å². The lowest BCUT2D eigenvalue weighted by molar-refractivity contribution is 0.101. The highest BCUT2D eigenvalue weighted by atomic mass is 32.2. The Labute approximate surface area is 144 Å². The lowest BCUT2D eigenvalue weighted by atomic mass is 10.2. The average Bonchev–Trinajstić information content (AvgIpc) is 3.18. The van der Waals surface area contributed by atoms with Crippen molar-refractivity contribution in [2.75, 3.05) is 12.9 Å². The predicted molar refractivity (Wildman–Crippen MR) is 93.5 cm³/mol. The van der Waals surface area contributed by atoms with Crippen LogP contribution in [0.1, 0.15) is 10.5 Å². The summed E-state index contributed by atoms with van der Waals surface area (Å²) in [7, 11) is 5.38. The zero-order chi connectivity index (χ0) is 17.1. The van der Waals surface area contributed by atoms with Crippen LogP contribution in [0.3, 0.4) is 0 Å². The molecule has 24 heavy (non-hydrogen) atoms. The normalized spacial score (nSPS) is 10.8. The standard InChI is InChI=1S/C17H18N4O2S/c1-20-10-6-8-13(20)14(22)11-24-17-19-18-16(21(17)2)12-7-4-5-9-15(12)23-3/h4-10H,11H2,1-3H3. The number of benzene rings is 1. The zero-order valence-corrected chi connectivity index (χ0v) is 14.6. The van der Waals surface area contributed by atoms with E-state index in [4.69, 9.17) is 4.74 Å². The maximum absolute atomic E-state index is 12.3. The number of hydrogen-bond acceptors (Lipinski definition) is 5. The molecule has 0 aliphatic rings. The van der Waals surface area contributed by atoms with Gasteiger partial charge in [-0.25, -0.2) is 0 Å². The van der Waals surface area contributed by atoms with Crippen LogP contribution in [0.5, 0.6) is 5.75 Å². The molecule has 0 spiro atoms. The van der Waals surface area contributed by atoms with Crippen molar-refractivity contribution < 1.29 is 9.53 Å². The fourth-order valence-corrected chi connectivity index (χ4v) is 3.25. The summed E-state index contributed by atoms with van der Waals surface area (Å²) in [4.78, 5) is 12.3. The molecule has 2 aromatic heterocycles. The third-order valence-corrected chi connectivity index (χ3v) is 4.76. The summed E-state index contributed by atoms with van der Waals surface area (Å²) in [6.45, 7) is 0. The number of hydrogen-bond donors (Lipinski definition) is 0. The summed E-state index contributed by atoms with van der Waals surface area (Å²) in [6, 6.07) is 11.3. The van der Waals surface area contributed by atoms with Gasteiger partial charge in [0.25, 0.3) is 0 Å². The predicted octanol–water partition coefficient (Wildman–Crippen LogP) is 2.80. The molecular weight excluding hydrogens is 324 g/mol. The number of thioether (sulfide) groups is 1. The van der Waals surface area contributed by atoms with E-state index < -0.39 is 0 Å². The number of carbonyl (C=O) groups excluding carboxylic acids is 1. The van der Waals surface area contributed by atoms with Crippen molar-refractivity contribution in [3.8, 4) is 17.1 Å². The molecule has 0 aliphatic heterocycles. The van der Waals surface area contributed by atoms with E-state index >= 15 is 0 Å². The molecule has 1 aromatic carbocycles. The van der Waals surface area contributed by atoms with Crippen molar-refractivity contribution in [3.63, 3.8) is 0 Å². The molecule has 0 fully saturated rings. The van der Waals surface area contributed by atoms with E-state index in [1.54, 1.807) is 7.11 Å². The van der Waals surface area contributed by atoms with Gasteiger partial charge in [-0.1, -0.05) is 23.9 Å². The summed E-state index contributed by atoms with van der Waals surface area (Å²) >= 11 is 1.38. The van der Waals surface area contributed by atoms with Crippen molar-refractivity contribution in [1.29, 1.82) is 0 Å². The Morgan fingerprint density at radius 1 is 1.17 bits per heavy atom. The molecule has 3 aromatic rings. The van der Waals surface area contributed by atoms with Gasteiger partial charge < -0.3 is 13.9 Å². The van der Waals surface area contributed by atoms with E-state index in [-0.39, 0.29) is 5.78 Å². The molecule has 0 bridgehead atoms. The lowest BCUT2D eigenvalue weighted by Gasteiger charge is -2.08. The van der Waals surface area contributed by atoms with Crippen LogP contribution in [-0.2, 0) is 14.1 Å². The van der Waals surface area contributed by atoms with Crippen LogP contribution in [0.25, 0.3) is 11.4 Å². The number of carbonyl (C=O) groups is 1. The zero-order valence-electron chi connectivity index (χ0n) is 13.8. The Bertz CT molecular complexity index is 869. The molecule has 124 valence electrons. The highest BCUT2D eigenvalue weighted by molar-refractivity contribution is 7.99. The molecule has 3 rings (SSSR count). The largest absolute Gasteiger partial charge is 0.496 e. The fourth-order valence-electron chi connectivity index (χ4n) is 2.46. The first-order chi connectivity index (χ1) is 11.6. The second-order valence-electron chi connectivity index (χ2n) is 5.28. The van der Waals surface area contributed by atoms with Gasteiger partial charge >= 0.3 is 0 Å². The molecule has 2 heterocycles. The summed E-state index contributed by atoms with van der Waals surface area (Å²) in [5, 5.41) is 9.15. The van der Waals surface area contributed by atoms with Gasteiger partial charge in [-0.3, -0.25) is 4.79 Å². The van der Waals surface area contributed by atoms with Gasteiger partial charge in [0.15, 0.2) is 16.8 Å². The summed E-state index contributed by atoms with van der Waals surface area (Å²) in [5.74, 6) is 1.83. The Morgan fingerprint density at radius 2 is 1.96 bits per heavy atom. The van der Waals surface area contributed by atoms with Gasteiger partial charge in [-0.05, 0) is 24.3 Å². The minimum Gasteiger partial charge on any atom is -0.496 e. The van der Waals surface area contributed by atoms with Crippen LogP contribution in [0, 0.1) is 0 Å². The minimum atomic E-state index is 0.0642. The van der Waals surface area contributed by atoms with Crippen LogP contribution in [0.15, 0.2) is 47.8 Å². The third-order valence-electron chi connectivity index (χ3n) is 3.74. The molecule has 6 nitrogen and oxygen atoms in total. The van der Waals surface area contributed by atoms with Crippen LogP contribution in [0.2, 0.25) is 0 Å². The van der Waals surface area contributed by atoms with Crippen LogP contribution in [0.4, 0.5) is 0 Å². The maximum atomic E-state index is 12.3. The number of aromatic nitrogens is 4. The second kappa shape index (κ2) is 6.92. The number of aryl methyl sites for hydroxylation is 1. The van der Waals surface area contributed by atoms with Crippen LogP contribution in [-0.4, -0.2) is 38.0 Å². The SMILES string of the molecule is COc1ccccc1-c1nnc(SCC(=O)c2cccn2C)n1C. The number of ketones is 1. The van der Waals surface area contributed by atoms with Crippen molar-refractivity contribution in [1.82, 2.24) is 19.3 Å². The number of Topliss-reactive ketones (excluding diaryl/α,β-unsaturated/α-hetero) is 1. The second-order valence-corrected chi connectivity index (χ2v) is 6.22. The average molecular weight is 342 g/mol. The Balaban J connectivity index is 1.78. The van der Waals surface area contributed by atoms with E-state index in [9.17, 15) is 4.79 Å². The lowest BCUT2D eigenvalue weighted by Crippen LogP contribution is -2.08. The van der Waals surface area contributed by atoms with Gasteiger partial charge in [0.2, 0.25) is 0 Å². The number of para-hydroxylation sites is 1. The smallest absolute Gasteiger partial charge is 0.191 e. The Hall–Kier alpha value is -2.54. The van der Waals surface area contributed by atoms with Crippen molar-refractivity contribution in [2.24, 2.45) is 14.1 Å². The van der Waals surface area contributed by atoms with Gasteiger partial charge in [0, 0.05) is 20.3 Å². The van der Waals surface area contributed by atoms with E-state index in [1.165, 1.54) is 11.8 Å². The monoisotopic (exact) mass is 342 g/mol. The number of methoxy groups -OCH3 is 1. The molecule has 0 saturated carbocycles.